The summed E-state index contributed by atoms with van der Waals surface area (Å²) in [5.74, 6) is 0.459. The molecule has 3 nitrogen and oxygen atoms in total. The molecule has 0 saturated heterocycles. The van der Waals surface area contributed by atoms with Gasteiger partial charge < -0.3 is 9.64 Å². The Hall–Kier alpha value is -2.78. The van der Waals surface area contributed by atoms with Gasteiger partial charge >= 0.3 is 0 Å². The Morgan fingerprint density at radius 1 is 1.04 bits per heavy atom. The van der Waals surface area contributed by atoms with E-state index in [2.05, 4.69) is 13.0 Å². The number of halogens is 1. The Balaban J connectivity index is 1.47. The molecule has 1 aliphatic heterocycles. The Labute approximate surface area is 164 Å². The highest BCUT2D eigenvalue weighted by Gasteiger charge is 2.30. The molecule has 1 atom stereocenters. The third-order valence-electron chi connectivity index (χ3n) is 4.87. The van der Waals surface area contributed by atoms with E-state index < -0.39 is 0 Å². The number of anilines is 1. The van der Waals surface area contributed by atoms with E-state index in [1.165, 1.54) is 5.56 Å². The summed E-state index contributed by atoms with van der Waals surface area (Å²) in [6.07, 6.45) is 0.869. The topological polar surface area (TPSA) is 29.5 Å². The van der Waals surface area contributed by atoms with Gasteiger partial charge in [-0.05, 0) is 48.2 Å². The van der Waals surface area contributed by atoms with E-state index in [0.29, 0.717) is 10.8 Å². The Kier molecular flexibility index (Phi) is 4.87. The summed E-state index contributed by atoms with van der Waals surface area (Å²) >= 11 is 6.38. The SMILES string of the molecule is C[C@H]1Cc2ccccc2N1C(=O)COc1ccc(-c2ccccc2)cc1Cl. The van der Waals surface area contributed by atoms with Gasteiger partial charge in [-0.15, -0.1) is 0 Å². The van der Waals surface area contributed by atoms with Crippen molar-refractivity contribution in [1.82, 2.24) is 0 Å². The standard InChI is InChI=1S/C23H20ClNO2/c1-16-13-19-9-5-6-10-21(19)25(16)23(26)15-27-22-12-11-18(14-20(22)24)17-7-3-2-4-8-17/h2-12,14,16H,13,15H2,1H3/t16-/m0/s1. The van der Waals surface area contributed by atoms with E-state index in [4.69, 9.17) is 16.3 Å². The van der Waals surface area contributed by atoms with Crippen LogP contribution in [0.2, 0.25) is 5.02 Å². The Bertz CT molecular complexity index is 971. The zero-order chi connectivity index (χ0) is 18.8. The molecule has 3 aromatic rings. The van der Waals surface area contributed by atoms with Crippen molar-refractivity contribution in [2.45, 2.75) is 19.4 Å². The summed E-state index contributed by atoms with van der Waals surface area (Å²) in [4.78, 5) is 14.6. The Morgan fingerprint density at radius 2 is 1.78 bits per heavy atom. The number of nitrogens with zero attached hydrogens (tertiary/aromatic N) is 1. The number of hydrogen-bond donors (Lipinski definition) is 0. The molecule has 4 rings (SSSR count). The van der Waals surface area contributed by atoms with Crippen LogP contribution in [0, 0.1) is 0 Å². The summed E-state index contributed by atoms with van der Waals surface area (Å²) in [7, 11) is 0. The first-order valence-corrected chi connectivity index (χ1v) is 9.39. The van der Waals surface area contributed by atoms with E-state index in [1.54, 1.807) is 0 Å². The zero-order valence-corrected chi connectivity index (χ0v) is 15.8. The van der Waals surface area contributed by atoms with Crippen LogP contribution in [0.4, 0.5) is 5.69 Å². The fourth-order valence-corrected chi connectivity index (χ4v) is 3.82. The van der Waals surface area contributed by atoms with Crippen molar-refractivity contribution in [3.63, 3.8) is 0 Å². The van der Waals surface area contributed by atoms with Crippen molar-refractivity contribution in [3.05, 3.63) is 83.4 Å². The highest BCUT2D eigenvalue weighted by molar-refractivity contribution is 6.32. The molecule has 0 N–H and O–H groups in total. The molecule has 1 aliphatic rings. The average molecular weight is 378 g/mol. The smallest absolute Gasteiger partial charge is 0.265 e. The predicted octanol–water partition coefficient (Wildman–Crippen LogP) is 5.36. The molecule has 0 bridgehead atoms. The summed E-state index contributed by atoms with van der Waals surface area (Å²) in [6.45, 7) is 2.02. The largest absolute Gasteiger partial charge is 0.482 e. The third-order valence-corrected chi connectivity index (χ3v) is 5.16. The minimum atomic E-state index is -0.0596. The van der Waals surface area contributed by atoms with E-state index >= 15 is 0 Å². The van der Waals surface area contributed by atoms with Gasteiger partial charge in [-0.25, -0.2) is 0 Å². The minimum absolute atomic E-state index is 0.0386. The highest BCUT2D eigenvalue weighted by atomic mass is 35.5. The molecule has 4 heteroatoms. The maximum Gasteiger partial charge on any atom is 0.265 e. The molecule has 136 valence electrons. The van der Waals surface area contributed by atoms with Gasteiger partial charge in [0.2, 0.25) is 0 Å². The molecular formula is C23H20ClNO2. The van der Waals surface area contributed by atoms with Crippen molar-refractivity contribution in [3.8, 4) is 16.9 Å². The molecule has 0 aromatic heterocycles. The fraction of sp³-hybridized carbons (Fsp3) is 0.174. The molecule has 1 heterocycles. The van der Waals surface area contributed by atoms with Crippen molar-refractivity contribution >= 4 is 23.2 Å². The number of para-hydroxylation sites is 1. The van der Waals surface area contributed by atoms with E-state index in [1.807, 2.05) is 71.6 Å². The summed E-state index contributed by atoms with van der Waals surface area (Å²) in [5, 5.41) is 0.499. The van der Waals surface area contributed by atoms with Gasteiger partial charge in [0.1, 0.15) is 5.75 Å². The van der Waals surface area contributed by atoms with Gasteiger partial charge in [0.05, 0.1) is 5.02 Å². The fourth-order valence-electron chi connectivity index (χ4n) is 3.58. The molecule has 0 fully saturated rings. The van der Waals surface area contributed by atoms with Crippen LogP contribution in [0.5, 0.6) is 5.75 Å². The van der Waals surface area contributed by atoms with Crippen LogP contribution in [0.15, 0.2) is 72.8 Å². The van der Waals surface area contributed by atoms with Gasteiger partial charge in [0.15, 0.2) is 6.61 Å². The number of amides is 1. The summed E-state index contributed by atoms with van der Waals surface area (Å²) in [6, 6.07) is 23.8. The molecule has 0 spiro atoms. The van der Waals surface area contributed by atoms with Crippen molar-refractivity contribution in [2.24, 2.45) is 0 Å². The third kappa shape index (κ3) is 3.56. The lowest BCUT2D eigenvalue weighted by Crippen LogP contribution is -2.39. The lowest BCUT2D eigenvalue weighted by molar-refractivity contribution is -0.120. The van der Waals surface area contributed by atoms with Crippen molar-refractivity contribution in [1.29, 1.82) is 0 Å². The molecule has 0 radical (unpaired) electrons. The van der Waals surface area contributed by atoms with Crippen LogP contribution < -0.4 is 9.64 Å². The molecule has 27 heavy (non-hydrogen) atoms. The maximum absolute atomic E-state index is 12.7. The van der Waals surface area contributed by atoms with Gasteiger partial charge in [0, 0.05) is 11.7 Å². The first-order valence-electron chi connectivity index (χ1n) is 9.01. The predicted molar refractivity (Wildman–Crippen MR) is 109 cm³/mol. The van der Waals surface area contributed by atoms with Crippen LogP contribution in [0.25, 0.3) is 11.1 Å². The number of carbonyl (C=O) groups is 1. The van der Waals surface area contributed by atoms with Gasteiger partial charge in [-0.1, -0.05) is 66.2 Å². The second-order valence-electron chi connectivity index (χ2n) is 6.75. The highest BCUT2D eigenvalue weighted by Crippen LogP contribution is 2.33. The first kappa shape index (κ1) is 17.6. The Morgan fingerprint density at radius 3 is 2.56 bits per heavy atom. The zero-order valence-electron chi connectivity index (χ0n) is 15.1. The van der Waals surface area contributed by atoms with Crippen LogP contribution in [0.3, 0.4) is 0 Å². The van der Waals surface area contributed by atoms with Crippen molar-refractivity contribution in [2.75, 3.05) is 11.5 Å². The number of ether oxygens (including phenoxy) is 1. The normalized spacial score (nSPS) is 15.5. The van der Waals surface area contributed by atoms with Crippen molar-refractivity contribution < 1.29 is 9.53 Å². The number of fused-ring (bicyclic) bond motifs is 1. The average Bonchev–Trinajstić information content (AvgIpc) is 3.03. The number of rotatable bonds is 4. The quantitative estimate of drug-likeness (QED) is 0.612. The van der Waals surface area contributed by atoms with E-state index in [0.717, 1.165) is 23.2 Å². The molecule has 0 unspecified atom stereocenters. The molecule has 3 aromatic carbocycles. The second kappa shape index (κ2) is 7.45. The van der Waals surface area contributed by atoms with Gasteiger partial charge in [-0.2, -0.15) is 0 Å². The first-order chi connectivity index (χ1) is 13.1. The van der Waals surface area contributed by atoms with Crippen LogP contribution >= 0.6 is 11.6 Å². The molecular weight excluding hydrogens is 358 g/mol. The second-order valence-corrected chi connectivity index (χ2v) is 7.15. The number of hydrogen-bond acceptors (Lipinski definition) is 2. The van der Waals surface area contributed by atoms with Crippen LogP contribution in [0.1, 0.15) is 12.5 Å². The molecule has 0 aliphatic carbocycles. The van der Waals surface area contributed by atoms with Crippen LogP contribution in [-0.2, 0) is 11.2 Å². The lowest BCUT2D eigenvalue weighted by atomic mass is 10.1. The molecule has 0 saturated carbocycles. The number of carbonyl (C=O) groups excluding carboxylic acids is 1. The van der Waals surface area contributed by atoms with E-state index in [9.17, 15) is 4.79 Å². The summed E-state index contributed by atoms with van der Waals surface area (Å²) < 4.78 is 5.74. The van der Waals surface area contributed by atoms with Crippen LogP contribution in [-0.4, -0.2) is 18.6 Å². The summed E-state index contributed by atoms with van der Waals surface area (Å²) in [5.41, 5.74) is 4.28. The lowest BCUT2D eigenvalue weighted by Gasteiger charge is -2.23. The maximum atomic E-state index is 12.7. The molecule has 1 amide bonds. The minimum Gasteiger partial charge on any atom is -0.482 e. The van der Waals surface area contributed by atoms with Gasteiger partial charge in [0.25, 0.3) is 5.91 Å². The van der Waals surface area contributed by atoms with E-state index in [-0.39, 0.29) is 18.6 Å². The van der Waals surface area contributed by atoms with Gasteiger partial charge in [-0.3, -0.25) is 4.79 Å². The monoisotopic (exact) mass is 377 g/mol. The number of benzene rings is 3.